The smallest absolute Gasteiger partial charge is 0.267 e. The van der Waals surface area contributed by atoms with Gasteiger partial charge < -0.3 is 4.90 Å². The summed E-state index contributed by atoms with van der Waals surface area (Å²) in [6, 6.07) is 0. The summed E-state index contributed by atoms with van der Waals surface area (Å²) in [7, 11) is -2.61. The van der Waals surface area contributed by atoms with Crippen molar-refractivity contribution in [1.82, 2.24) is 4.90 Å². The molecule has 0 aliphatic carbocycles. The van der Waals surface area contributed by atoms with E-state index in [4.69, 9.17) is 4.55 Å². The standard InChI is InChI=1S/C10H19NO4S/c1-5-7-10(3,8-16(13,14)15)11(4)9(12)6-2/h6H,2,5,7-8H2,1,3-4H3,(H,13,14,15). The minimum atomic E-state index is -4.12. The molecule has 0 rings (SSSR count). The average Bonchev–Trinajstić information content (AvgIpc) is 2.13. The van der Waals surface area contributed by atoms with Gasteiger partial charge in [0.2, 0.25) is 5.91 Å². The van der Waals surface area contributed by atoms with E-state index in [-0.39, 0.29) is 5.91 Å². The lowest BCUT2D eigenvalue weighted by molar-refractivity contribution is -0.129. The summed E-state index contributed by atoms with van der Waals surface area (Å²) in [5.41, 5.74) is -0.909. The summed E-state index contributed by atoms with van der Waals surface area (Å²) in [5.74, 6) is -0.830. The van der Waals surface area contributed by atoms with Crippen molar-refractivity contribution in [2.75, 3.05) is 12.8 Å². The molecule has 0 aliphatic rings. The number of carbonyl (C=O) groups excluding carboxylic acids is 1. The molecule has 1 unspecified atom stereocenters. The average molecular weight is 249 g/mol. The zero-order chi connectivity index (χ0) is 13.0. The van der Waals surface area contributed by atoms with Crippen LogP contribution in [0.2, 0.25) is 0 Å². The van der Waals surface area contributed by atoms with Gasteiger partial charge in [-0.2, -0.15) is 8.42 Å². The largest absolute Gasteiger partial charge is 0.336 e. The highest BCUT2D eigenvalue weighted by molar-refractivity contribution is 7.85. The third-order valence-electron chi connectivity index (χ3n) is 2.60. The first kappa shape index (κ1) is 15.1. The highest BCUT2D eigenvalue weighted by Crippen LogP contribution is 2.22. The Kier molecular flexibility index (Phi) is 5.15. The van der Waals surface area contributed by atoms with E-state index < -0.39 is 21.4 Å². The van der Waals surface area contributed by atoms with Crippen LogP contribution in [-0.4, -0.2) is 42.1 Å². The second-order valence-electron chi connectivity index (χ2n) is 4.07. The maximum atomic E-state index is 11.5. The number of likely N-dealkylation sites (N-methyl/N-ethyl adjacent to an activating group) is 1. The van der Waals surface area contributed by atoms with Crippen LogP contribution in [0.15, 0.2) is 12.7 Å². The van der Waals surface area contributed by atoms with Crippen LogP contribution in [0.25, 0.3) is 0 Å². The third-order valence-corrected chi connectivity index (χ3v) is 3.58. The minimum absolute atomic E-state index is 0.361. The molecule has 0 aromatic carbocycles. The van der Waals surface area contributed by atoms with E-state index in [9.17, 15) is 13.2 Å². The van der Waals surface area contributed by atoms with Gasteiger partial charge in [-0.1, -0.05) is 19.9 Å². The van der Waals surface area contributed by atoms with Gasteiger partial charge in [-0.3, -0.25) is 9.35 Å². The molecule has 0 heterocycles. The van der Waals surface area contributed by atoms with E-state index >= 15 is 0 Å². The second-order valence-corrected chi connectivity index (χ2v) is 5.53. The Bertz CT molecular complexity index is 363. The molecule has 1 atom stereocenters. The molecular formula is C10H19NO4S. The quantitative estimate of drug-likeness (QED) is 0.564. The fraction of sp³-hybridized carbons (Fsp3) is 0.700. The summed E-state index contributed by atoms with van der Waals surface area (Å²) in [5, 5.41) is 0. The second kappa shape index (κ2) is 5.45. The van der Waals surface area contributed by atoms with E-state index in [1.54, 1.807) is 6.92 Å². The summed E-state index contributed by atoms with van der Waals surface area (Å²) in [4.78, 5) is 12.8. The van der Waals surface area contributed by atoms with Gasteiger partial charge in [-0.25, -0.2) is 0 Å². The molecule has 0 bridgehead atoms. The van der Waals surface area contributed by atoms with Crippen molar-refractivity contribution in [3.05, 3.63) is 12.7 Å². The lowest BCUT2D eigenvalue weighted by Gasteiger charge is -2.37. The Morgan fingerprint density at radius 1 is 1.56 bits per heavy atom. The molecule has 0 saturated carbocycles. The van der Waals surface area contributed by atoms with Gasteiger partial charge in [-0.05, 0) is 19.4 Å². The SMILES string of the molecule is C=CC(=O)N(C)C(C)(CCC)CS(=O)(=O)O. The molecule has 6 heteroatoms. The molecule has 94 valence electrons. The van der Waals surface area contributed by atoms with Crippen molar-refractivity contribution in [2.45, 2.75) is 32.2 Å². The van der Waals surface area contributed by atoms with Gasteiger partial charge in [-0.15, -0.1) is 0 Å². The van der Waals surface area contributed by atoms with Crippen molar-refractivity contribution in [3.8, 4) is 0 Å². The van der Waals surface area contributed by atoms with Crippen molar-refractivity contribution >= 4 is 16.0 Å². The highest BCUT2D eigenvalue weighted by Gasteiger charge is 2.35. The van der Waals surface area contributed by atoms with Gasteiger partial charge >= 0.3 is 0 Å². The van der Waals surface area contributed by atoms with E-state index in [2.05, 4.69) is 6.58 Å². The predicted octanol–water partition coefficient (Wildman–Crippen LogP) is 1.08. The van der Waals surface area contributed by atoms with Crippen LogP contribution in [0.5, 0.6) is 0 Å². The van der Waals surface area contributed by atoms with Gasteiger partial charge in [0.05, 0.1) is 11.3 Å². The van der Waals surface area contributed by atoms with Crippen LogP contribution < -0.4 is 0 Å². The Morgan fingerprint density at radius 3 is 2.38 bits per heavy atom. The molecule has 0 radical (unpaired) electrons. The monoisotopic (exact) mass is 249 g/mol. The van der Waals surface area contributed by atoms with Crippen molar-refractivity contribution in [2.24, 2.45) is 0 Å². The maximum Gasteiger partial charge on any atom is 0.267 e. The Hall–Kier alpha value is -0.880. The highest BCUT2D eigenvalue weighted by atomic mass is 32.2. The fourth-order valence-corrected chi connectivity index (χ4v) is 2.80. The first-order valence-corrected chi connectivity index (χ1v) is 6.62. The van der Waals surface area contributed by atoms with Gasteiger partial charge in [0, 0.05) is 7.05 Å². The molecule has 0 spiro atoms. The van der Waals surface area contributed by atoms with E-state index in [1.807, 2.05) is 6.92 Å². The summed E-state index contributed by atoms with van der Waals surface area (Å²) < 4.78 is 30.7. The van der Waals surface area contributed by atoms with Gasteiger partial charge in [0.15, 0.2) is 0 Å². The molecule has 0 fully saturated rings. The minimum Gasteiger partial charge on any atom is -0.336 e. The lowest BCUT2D eigenvalue weighted by atomic mass is 9.96. The Morgan fingerprint density at radius 2 is 2.06 bits per heavy atom. The number of amides is 1. The molecule has 1 amide bonds. The van der Waals surface area contributed by atoms with Crippen molar-refractivity contribution in [1.29, 1.82) is 0 Å². The predicted molar refractivity (Wildman–Crippen MR) is 62.7 cm³/mol. The zero-order valence-electron chi connectivity index (χ0n) is 9.93. The topological polar surface area (TPSA) is 74.7 Å². The molecule has 16 heavy (non-hydrogen) atoms. The number of carbonyl (C=O) groups is 1. The van der Waals surface area contributed by atoms with Crippen LogP contribution in [-0.2, 0) is 14.9 Å². The van der Waals surface area contributed by atoms with Gasteiger partial charge in [0.1, 0.15) is 0 Å². The van der Waals surface area contributed by atoms with Crippen LogP contribution in [0.4, 0.5) is 0 Å². The molecule has 1 N–H and O–H groups in total. The van der Waals surface area contributed by atoms with Crippen LogP contribution in [0.3, 0.4) is 0 Å². The van der Waals surface area contributed by atoms with E-state index in [1.165, 1.54) is 11.9 Å². The summed E-state index contributed by atoms with van der Waals surface area (Å²) in [6.45, 7) is 6.86. The number of hydrogen-bond acceptors (Lipinski definition) is 3. The molecule has 0 aliphatic heterocycles. The molecule has 0 aromatic rings. The summed E-state index contributed by atoms with van der Waals surface area (Å²) in [6.07, 6.45) is 2.32. The first-order valence-electron chi connectivity index (χ1n) is 5.01. The van der Waals surface area contributed by atoms with Crippen molar-refractivity contribution in [3.63, 3.8) is 0 Å². The number of hydrogen-bond donors (Lipinski definition) is 1. The van der Waals surface area contributed by atoms with Crippen LogP contribution >= 0.6 is 0 Å². The number of rotatable bonds is 6. The van der Waals surface area contributed by atoms with E-state index in [0.29, 0.717) is 12.8 Å². The molecular weight excluding hydrogens is 230 g/mol. The molecule has 0 aromatic heterocycles. The number of nitrogens with zero attached hydrogens (tertiary/aromatic N) is 1. The lowest BCUT2D eigenvalue weighted by Crippen LogP contribution is -2.51. The summed E-state index contributed by atoms with van der Waals surface area (Å²) >= 11 is 0. The van der Waals surface area contributed by atoms with Crippen molar-refractivity contribution < 1.29 is 17.8 Å². The molecule has 5 nitrogen and oxygen atoms in total. The third kappa shape index (κ3) is 4.32. The Balaban J connectivity index is 5.09. The van der Waals surface area contributed by atoms with Gasteiger partial charge in [0.25, 0.3) is 10.1 Å². The first-order chi connectivity index (χ1) is 7.16. The normalized spacial score (nSPS) is 15.2. The molecule has 0 saturated heterocycles. The Labute approximate surface area is 96.9 Å². The van der Waals surface area contributed by atoms with E-state index in [0.717, 1.165) is 6.08 Å². The fourth-order valence-electron chi connectivity index (χ4n) is 1.67. The maximum absolute atomic E-state index is 11.5. The zero-order valence-corrected chi connectivity index (χ0v) is 10.7. The van der Waals surface area contributed by atoms with Crippen LogP contribution in [0, 0.1) is 0 Å². The van der Waals surface area contributed by atoms with Crippen LogP contribution in [0.1, 0.15) is 26.7 Å².